The third kappa shape index (κ3) is 9.88. The normalized spacial score (nSPS) is 9.94. The van der Waals surface area contributed by atoms with E-state index in [1.807, 2.05) is 48.6 Å². The number of hydrogen-bond acceptors (Lipinski definition) is 1. The van der Waals surface area contributed by atoms with Crippen LogP contribution in [0.1, 0.15) is 12.0 Å². The van der Waals surface area contributed by atoms with Crippen LogP contribution in [0.2, 0.25) is 0 Å². The maximum Gasteiger partial charge on any atom is 0.0157 e. The molecule has 1 aromatic rings. The van der Waals surface area contributed by atoms with E-state index in [9.17, 15) is 0 Å². The Labute approximate surface area is 116 Å². The molecule has 1 nitrogen and oxygen atoms in total. The Morgan fingerprint density at radius 2 is 1.83 bits per heavy atom. The van der Waals surface area contributed by atoms with Crippen molar-refractivity contribution in [3.05, 3.63) is 66.7 Å². The van der Waals surface area contributed by atoms with Crippen molar-refractivity contribution in [1.29, 1.82) is 0 Å². The topological polar surface area (TPSA) is 3.24 Å². The lowest BCUT2D eigenvalue weighted by molar-refractivity contribution is 0.378. The van der Waals surface area contributed by atoms with Crippen molar-refractivity contribution in [2.75, 3.05) is 20.1 Å². The fourth-order valence-electron chi connectivity index (χ4n) is 1.26. The molecule has 0 aliphatic heterocycles. The first-order valence-corrected chi connectivity index (χ1v) is 6.40. The molecule has 0 fully saturated rings. The third-order valence-corrected chi connectivity index (χ3v) is 2.34. The predicted molar refractivity (Wildman–Crippen MR) is 83.8 cm³/mol. The lowest BCUT2D eigenvalue weighted by atomic mass is 10.2. The van der Waals surface area contributed by atoms with Crippen molar-refractivity contribution in [2.45, 2.75) is 6.42 Å². The van der Waals surface area contributed by atoms with E-state index in [0.29, 0.717) is 0 Å². The number of hydrogen-bond donors (Lipinski definition) is 0. The van der Waals surface area contributed by atoms with Gasteiger partial charge in [-0.05, 0) is 25.1 Å². The minimum Gasteiger partial charge on any atom is -0.302 e. The smallest absolute Gasteiger partial charge is 0.0157 e. The highest BCUT2D eigenvalue weighted by molar-refractivity contribution is 6.27. The number of likely N-dealkylation sites (N-methyl/N-ethyl adjacent to an activating group) is 1. The van der Waals surface area contributed by atoms with E-state index in [4.69, 9.17) is 11.6 Å². The highest BCUT2D eigenvalue weighted by Crippen LogP contribution is 2.00. The Kier molecular flexibility index (Phi) is 11.3. The Bertz CT molecular complexity index is 343. The van der Waals surface area contributed by atoms with Gasteiger partial charge in [0.15, 0.2) is 0 Å². The minimum absolute atomic E-state index is 0.966. The summed E-state index contributed by atoms with van der Waals surface area (Å²) in [6, 6.07) is 9.93. The van der Waals surface area contributed by atoms with Gasteiger partial charge in [-0.1, -0.05) is 54.1 Å². The second-order valence-electron chi connectivity index (χ2n) is 3.83. The van der Waals surface area contributed by atoms with Gasteiger partial charge in [0.25, 0.3) is 0 Å². The average molecular weight is 264 g/mol. The lowest BCUT2D eigenvalue weighted by Gasteiger charge is -2.11. The molecule has 0 aliphatic rings. The summed E-state index contributed by atoms with van der Waals surface area (Å²) in [5.74, 6) is 0. The van der Waals surface area contributed by atoms with Gasteiger partial charge < -0.3 is 4.90 Å². The van der Waals surface area contributed by atoms with Gasteiger partial charge in [0, 0.05) is 18.6 Å². The van der Waals surface area contributed by atoms with E-state index in [1.165, 1.54) is 5.54 Å². The largest absolute Gasteiger partial charge is 0.302 e. The van der Waals surface area contributed by atoms with Gasteiger partial charge in [-0.15, -0.1) is 13.2 Å². The molecule has 1 rings (SSSR count). The van der Waals surface area contributed by atoms with Crippen molar-refractivity contribution >= 4 is 17.7 Å². The summed E-state index contributed by atoms with van der Waals surface area (Å²) in [7, 11) is 2.07. The molecule has 0 N–H and O–H groups in total. The van der Waals surface area contributed by atoms with Crippen LogP contribution in [-0.4, -0.2) is 25.0 Å². The number of halogens is 1. The van der Waals surface area contributed by atoms with Crippen LogP contribution < -0.4 is 0 Å². The van der Waals surface area contributed by atoms with Crippen molar-refractivity contribution in [3.8, 4) is 0 Å². The zero-order valence-electron chi connectivity index (χ0n) is 11.1. The molecule has 2 heteroatoms. The molecule has 0 aromatic heterocycles. The number of rotatable bonds is 6. The van der Waals surface area contributed by atoms with Crippen LogP contribution in [0.3, 0.4) is 0 Å². The van der Waals surface area contributed by atoms with Gasteiger partial charge in [-0.3, -0.25) is 0 Å². The van der Waals surface area contributed by atoms with Crippen LogP contribution >= 0.6 is 11.6 Å². The molecular weight excluding hydrogens is 242 g/mol. The zero-order valence-corrected chi connectivity index (χ0v) is 11.8. The Morgan fingerprint density at radius 3 is 2.33 bits per heavy atom. The quantitative estimate of drug-likeness (QED) is 0.679. The second-order valence-corrected chi connectivity index (χ2v) is 4.08. The summed E-state index contributed by atoms with van der Waals surface area (Å²) in [5, 5.41) is 0. The molecule has 0 amide bonds. The Hall–Kier alpha value is -1.31. The van der Waals surface area contributed by atoms with E-state index in [-0.39, 0.29) is 0 Å². The molecule has 0 heterocycles. The van der Waals surface area contributed by atoms with Crippen LogP contribution in [0.5, 0.6) is 0 Å². The lowest BCUT2D eigenvalue weighted by Crippen LogP contribution is -2.18. The maximum atomic E-state index is 5.36. The van der Waals surface area contributed by atoms with Crippen LogP contribution in [0.25, 0.3) is 6.08 Å². The molecule has 0 saturated carbocycles. The zero-order chi connectivity index (χ0) is 13.6. The molecular formula is C16H22ClN. The van der Waals surface area contributed by atoms with E-state index in [1.54, 1.807) is 0 Å². The molecule has 0 bridgehead atoms. The Morgan fingerprint density at radius 1 is 1.17 bits per heavy atom. The monoisotopic (exact) mass is 263 g/mol. The fraction of sp³-hybridized carbons (Fsp3) is 0.250. The van der Waals surface area contributed by atoms with Gasteiger partial charge in [-0.2, -0.15) is 0 Å². The molecule has 0 radical (unpaired) electrons. The fourth-order valence-corrected chi connectivity index (χ4v) is 1.41. The van der Waals surface area contributed by atoms with Crippen molar-refractivity contribution in [2.24, 2.45) is 0 Å². The first-order chi connectivity index (χ1) is 8.74. The minimum atomic E-state index is 0.966. The summed E-state index contributed by atoms with van der Waals surface area (Å²) in [6.45, 7) is 9.33. The molecule has 1 aromatic carbocycles. The standard InChI is InChI=1S/C8H7Cl.C8H15N/c9-7-6-8-4-2-1-3-5-8;1-4-6-8-9(3)7-5-2/h1-7H;4-5H,1-2,6-8H2,3H3. The molecule has 0 atom stereocenters. The molecule has 98 valence electrons. The Balaban J connectivity index is 0.000000321. The highest BCUT2D eigenvalue weighted by Gasteiger charge is 1.89. The molecule has 18 heavy (non-hydrogen) atoms. The first-order valence-electron chi connectivity index (χ1n) is 5.96. The highest BCUT2D eigenvalue weighted by atomic mass is 35.5. The van der Waals surface area contributed by atoms with E-state index in [0.717, 1.165) is 25.1 Å². The summed E-state index contributed by atoms with van der Waals surface area (Å²) in [5.41, 5.74) is 2.64. The van der Waals surface area contributed by atoms with Gasteiger partial charge in [-0.25, -0.2) is 0 Å². The van der Waals surface area contributed by atoms with Crippen LogP contribution in [0.15, 0.2) is 61.2 Å². The summed E-state index contributed by atoms with van der Waals surface area (Å²) in [6.07, 6.45) is 6.74. The van der Waals surface area contributed by atoms with Gasteiger partial charge in [0.1, 0.15) is 0 Å². The van der Waals surface area contributed by atoms with E-state index < -0.39 is 0 Å². The number of nitrogens with zero attached hydrogens (tertiary/aromatic N) is 1. The molecule has 0 unspecified atom stereocenters. The van der Waals surface area contributed by atoms with Gasteiger partial charge in [0.2, 0.25) is 0 Å². The predicted octanol–water partition coefficient (Wildman–Crippen LogP) is 4.58. The number of benzene rings is 1. The van der Waals surface area contributed by atoms with Crippen molar-refractivity contribution in [3.63, 3.8) is 0 Å². The van der Waals surface area contributed by atoms with Crippen LogP contribution in [0.4, 0.5) is 0 Å². The second kappa shape index (κ2) is 12.2. The van der Waals surface area contributed by atoms with Gasteiger partial charge in [0.05, 0.1) is 0 Å². The SMILES string of the molecule is C=CCCN(C)CC=C.ClC=Cc1ccccc1. The van der Waals surface area contributed by atoms with Crippen molar-refractivity contribution < 1.29 is 0 Å². The van der Waals surface area contributed by atoms with Crippen molar-refractivity contribution in [1.82, 2.24) is 4.90 Å². The van der Waals surface area contributed by atoms with Crippen LogP contribution in [0, 0.1) is 0 Å². The summed E-state index contributed by atoms with van der Waals surface area (Å²) < 4.78 is 0. The van der Waals surface area contributed by atoms with Gasteiger partial charge >= 0.3 is 0 Å². The summed E-state index contributed by atoms with van der Waals surface area (Å²) in [4.78, 5) is 2.20. The van der Waals surface area contributed by atoms with E-state index in [2.05, 4.69) is 25.1 Å². The third-order valence-electron chi connectivity index (χ3n) is 2.21. The molecule has 0 spiro atoms. The maximum absolute atomic E-state index is 5.36. The van der Waals surface area contributed by atoms with E-state index >= 15 is 0 Å². The average Bonchev–Trinajstić information content (AvgIpc) is 2.39. The molecule has 0 saturated heterocycles. The first kappa shape index (κ1) is 16.7. The van der Waals surface area contributed by atoms with Crippen LogP contribution in [-0.2, 0) is 0 Å². The summed E-state index contributed by atoms with van der Waals surface area (Å²) >= 11 is 5.36. The molecule has 0 aliphatic carbocycles.